The summed E-state index contributed by atoms with van der Waals surface area (Å²) in [6.45, 7) is 7.99. The number of Topliss-reactive ketones (excluding diaryl/α,β-unsaturated/α-hetero) is 1. The second-order valence-corrected chi connectivity index (χ2v) is 4.51. The average molecular weight is 285 g/mol. The van der Waals surface area contributed by atoms with Crippen molar-refractivity contribution >= 4 is 5.78 Å². The summed E-state index contributed by atoms with van der Waals surface area (Å²) in [6.07, 6.45) is -3.20. The largest absolute Gasteiger partial charge is 0.416 e. The number of carbonyl (C=O) groups is 1. The molecule has 1 aliphatic heterocycles. The number of benzene rings is 1. The van der Waals surface area contributed by atoms with Crippen LogP contribution in [0, 0.1) is 0 Å². The lowest BCUT2D eigenvalue weighted by Crippen LogP contribution is -2.33. The van der Waals surface area contributed by atoms with Gasteiger partial charge in [0.2, 0.25) is 0 Å². The molecule has 5 heteroatoms. The molecule has 1 fully saturated rings. The van der Waals surface area contributed by atoms with E-state index in [1.165, 1.54) is 12.1 Å². The summed E-state index contributed by atoms with van der Waals surface area (Å²) in [5, 5.41) is 0. The molecule has 1 aromatic rings. The Morgan fingerprint density at radius 2 is 1.55 bits per heavy atom. The van der Waals surface area contributed by atoms with Crippen molar-refractivity contribution in [2.75, 3.05) is 13.1 Å². The predicted octanol–water partition coefficient (Wildman–Crippen LogP) is 3.67. The monoisotopic (exact) mass is 285 g/mol. The quantitative estimate of drug-likeness (QED) is 0.773. The molecular weight excluding hydrogens is 267 g/mol. The normalized spacial score (nSPS) is 16.4. The van der Waals surface area contributed by atoms with Crippen LogP contribution in [0.2, 0.25) is 0 Å². The van der Waals surface area contributed by atoms with Crippen molar-refractivity contribution in [3.05, 3.63) is 48.6 Å². The van der Waals surface area contributed by atoms with Crippen molar-refractivity contribution in [3.63, 3.8) is 0 Å². The van der Waals surface area contributed by atoms with Gasteiger partial charge in [-0.25, -0.2) is 0 Å². The zero-order valence-electron chi connectivity index (χ0n) is 11.2. The van der Waals surface area contributed by atoms with Crippen molar-refractivity contribution < 1.29 is 18.0 Å². The van der Waals surface area contributed by atoms with Crippen molar-refractivity contribution in [3.8, 4) is 0 Å². The molecule has 0 amide bonds. The Kier molecular flexibility index (Phi) is 5.95. The molecule has 20 heavy (non-hydrogen) atoms. The number of rotatable bonds is 2. The number of nitrogens with zero attached hydrogens (tertiary/aromatic N) is 1. The van der Waals surface area contributed by atoms with Crippen LogP contribution in [0.1, 0.15) is 24.0 Å². The van der Waals surface area contributed by atoms with E-state index in [9.17, 15) is 18.0 Å². The summed E-state index contributed by atoms with van der Waals surface area (Å²) < 4.78 is 37.1. The van der Waals surface area contributed by atoms with Gasteiger partial charge in [-0.3, -0.25) is 9.69 Å². The van der Waals surface area contributed by atoms with E-state index >= 15 is 0 Å². The first-order valence-electron chi connectivity index (χ1n) is 6.35. The van der Waals surface area contributed by atoms with E-state index in [-0.39, 0.29) is 5.78 Å². The smallest absolute Gasteiger partial charge is 0.300 e. The third-order valence-electron chi connectivity index (χ3n) is 3.10. The Morgan fingerprint density at radius 3 is 2.00 bits per heavy atom. The van der Waals surface area contributed by atoms with E-state index in [0.29, 0.717) is 32.5 Å². The summed E-state index contributed by atoms with van der Waals surface area (Å²) in [4.78, 5) is 13.2. The molecule has 0 aromatic heterocycles. The molecule has 0 N–H and O–H groups in total. The number of piperidine rings is 1. The Bertz CT molecular complexity index is 429. The van der Waals surface area contributed by atoms with Gasteiger partial charge in [0.15, 0.2) is 0 Å². The van der Waals surface area contributed by atoms with Crippen molar-refractivity contribution in [1.29, 1.82) is 0 Å². The highest BCUT2D eigenvalue weighted by Gasteiger charge is 2.30. The maximum absolute atomic E-state index is 12.4. The van der Waals surface area contributed by atoms with E-state index in [1.54, 1.807) is 0 Å². The standard InChI is InChI=1S/C13H14F3NO.C2H4/c14-13(15,16)11-3-1-10(2-4-11)9-17-7-5-12(18)6-8-17;1-2/h1-4H,5-9H2;1-2H2. The predicted molar refractivity (Wildman–Crippen MR) is 72.2 cm³/mol. The lowest BCUT2D eigenvalue weighted by molar-refractivity contribution is -0.137. The lowest BCUT2D eigenvalue weighted by Gasteiger charge is -2.25. The van der Waals surface area contributed by atoms with Gasteiger partial charge < -0.3 is 0 Å². The van der Waals surface area contributed by atoms with Gasteiger partial charge in [-0.05, 0) is 17.7 Å². The van der Waals surface area contributed by atoms with Gasteiger partial charge in [-0.1, -0.05) is 12.1 Å². The summed E-state index contributed by atoms with van der Waals surface area (Å²) in [7, 11) is 0. The molecule has 2 nitrogen and oxygen atoms in total. The first-order valence-corrected chi connectivity index (χ1v) is 6.35. The fourth-order valence-electron chi connectivity index (χ4n) is 2.02. The van der Waals surface area contributed by atoms with Crippen LogP contribution in [0.3, 0.4) is 0 Å². The molecule has 0 aliphatic carbocycles. The minimum Gasteiger partial charge on any atom is -0.300 e. The Balaban J connectivity index is 0.000000956. The first kappa shape index (κ1) is 16.4. The highest BCUT2D eigenvalue weighted by atomic mass is 19.4. The van der Waals surface area contributed by atoms with Crippen LogP contribution in [-0.2, 0) is 17.5 Å². The average Bonchev–Trinajstić information content (AvgIpc) is 2.43. The molecule has 0 spiro atoms. The van der Waals surface area contributed by atoms with Gasteiger partial charge in [0.1, 0.15) is 5.78 Å². The van der Waals surface area contributed by atoms with E-state index in [2.05, 4.69) is 18.1 Å². The molecule has 1 aliphatic rings. The van der Waals surface area contributed by atoms with Gasteiger partial charge in [0.25, 0.3) is 0 Å². The molecular formula is C15H18F3NO. The number of halogens is 3. The SMILES string of the molecule is C=C.O=C1CCN(Cc2ccc(C(F)(F)F)cc2)CC1. The highest BCUT2D eigenvalue weighted by molar-refractivity contribution is 5.79. The molecule has 0 atom stereocenters. The summed E-state index contributed by atoms with van der Waals surface area (Å²) in [5.41, 5.74) is 0.220. The fourth-order valence-corrected chi connectivity index (χ4v) is 2.02. The van der Waals surface area contributed by atoms with Crippen LogP contribution in [0.15, 0.2) is 37.4 Å². The lowest BCUT2D eigenvalue weighted by atomic mass is 10.1. The highest BCUT2D eigenvalue weighted by Crippen LogP contribution is 2.29. The minimum absolute atomic E-state index is 0.263. The first-order chi connectivity index (χ1) is 9.45. The Hall–Kier alpha value is -1.62. The summed E-state index contributed by atoms with van der Waals surface area (Å²) in [6, 6.07) is 5.20. The number of alkyl halides is 3. The Labute approximate surface area is 116 Å². The van der Waals surface area contributed by atoms with E-state index in [4.69, 9.17) is 0 Å². The maximum atomic E-state index is 12.4. The number of ketones is 1. The van der Waals surface area contributed by atoms with Crippen LogP contribution in [0.5, 0.6) is 0 Å². The summed E-state index contributed by atoms with van der Waals surface area (Å²) in [5.74, 6) is 0.263. The minimum atomic E-state index is -4.28. The summed E-state index contributed by atoms with van der Waals surface area (Å²) >= 11 is 0. The molecule has 0 radical (unpaired) electrons. The third kappa shape index (κ3) is 4.81. The fraction of sp³-hybridized carbons (Fsp3) is 0.400. The molecule has 1 aromatic carbocycles. The second-order valence-electron chi connectivity index (χ2n) is 4.51. The van der Waals surface area contributed by atoms with Crippen LogP contribution < -0.4 is 0 Å². The van der Waals surface area contributed by atoms with Crippen molar-refractivity contribution in [2.24, 2.45) is 0 Å². The van der Waals surface area contributed by atoms with Crippen molar-refractivity contribution in [2.45, 2.75) is 25.6 Å². The molecule has 2 rings (SSSR count). The zero-order valence-corrected chi connectivity index (χ0v) is 11.2. The number of carbonyl (C=O) groups excluding carboxylic acids is 1. The van der Waals surface area contributed by atoms with Crippen LogP contribution in [0.25, 0.3) is 0 Å². The van der Waals surface area contributed by atoms with E-state index in [0.717, 1.165) is 17.7 Å². The van der Waals surface area contributed by atoms with Gasteiger partial charge in [-0.15, -0.1) is 13.2 Å². The second kappa shape index (κ2) is 7.24. The Morgan fingerprint density at radius 1 is 1.05 bits per heavy atom. The molecule has 1 heterocycles. The third-order valence-corrected chi connectivity index (χ3v) is 3.10. The topological polar surface area (TPSA) is 20.3 Å². The molecule has 0 bridgehead atoms. The van der Waals surface area contributed by atoms with Gasteiger partial charge in [-0.2, -0.15) is 13.2 Å². The molecule has 0 saturated carbocycles. The number of hydrogen-bond acceptors (Lipinski definition) is 2. The molecule has 110 valence electrons. The zero-order chi connectivity index (χ0) is 15.2. The van der Waals surface area contributed by atoms with Crippen LogP contribution in [-0.4, -0.2) is 23.8 Å². The number of hydrogen-bond donors (Lipinski definition) is 0. The number of likely N-dealkylation sites (tertiary alicyclic amines) is 1. The van der Waals surface area contributed by atoms with Crippen molar-refractivity contribution in [1.82, 2.24) is 4.90 Å². The molecule has 0 unspecified atom stereocenters. The molecule has 1 saturated heterocycles. The maximum Gasteiger partial charge on any atom is 0.416 e. The van der Waals surface area contributed by atoms with E-state index in [1.807, 2.05) is 0 Å². The van der Waals surface area contributed by atoms with E-state index < -0.39 is 11.7 Å². The van der Waals surface area contributed by atoms with Gasteiger partial charge >= 0.3 is 6.18 Å². The van der Waals surface area contributed by atoms with Gasteiger partial charge in [0.05, 0.1) is 5.56 Å². The van der Waals surface area contributed by atoms with Crippen LogP contribution >= 0.6 is 0 Å². The van der Waals surface area contributed by atoms with Gasteiger partial charge in [0, 0.05) is 32.5 Å². The van der Waals surface area contributed by atoms with Crippen LogP contribution in [0.4, 0.5) is 13.2 Å².